The lowest BCUT2D eigenvalue weighted by atomic mass is 10.0. The Balaban J connectivity index is 1.70. The summed E-state index contributed by atoms with van der Waals surface area (Å²) in [6, 6.07) is 9.83. The van der Waals surface area contributed by atoms with E-state index in [-0.39, 0.29) is 5.56 Å². The van der Waals surface area contributed by atoms with Crippen LogP contribution in [-0.4, -0.2) is 33.0 Å². The van der Waals surface area contributed by atoms with Crippen LogP contribution in [0.5, 0.6) is 0 Å². The first-order valence-corrected chi connectivity index (χ1v) is 7.77. The number of hydrogen-bond donors (Lipinski definition) is 3. The number of hydrogen-bond acceptors (Lipinski definition) is 2. The number of fused-ring (bicyclic) bond motifs is 3. The van der Waals surface area contributed by atoms with Gasteiger partial charge in [-0.3, -0.25) is 9.78 Å². The molecule has 0 unspecified atom stereocenters. The van der Waals surface area contributed by atoms with Gasteiger partial charge in [-0.05, 0) is 6.07 Å². The Labute approximate surface area is 132 Å². The van der Waals surface area contributed by atoms with Gasteiger partial charge in [0.2, 0.25) is 0 Å². The van der Waals surface area contributed by atoms with Crippen LogP contribution in [0.15, 0.2) is 39.9 Å². The average molecular weight is 311 g/mol. The first-order chi connectivity index (χ1) is 11.0. The fourth-order valence-electron chi connectivity index (χ4n) is 3.64. The van der Waals surface area contributed by atoms with E-state index in [2.05, 4.69) is 40.2 Å². The van der Waals surface area contributed by atoms with Crippen LogP contribution in [0.1, 0.15) is 17.0 Å². The van der Waals surface area contributed by atoms with E-state index >= 15 is 0 Å². The Kier molecular flexibility index (Phi) is 3.02. The molecule has 0 spiro atoms. The fraction of sp³-hybridized carbons (Fsp3) is 0.294. The molecule has 0 radical (unpaired) electrons. The van der Waals surface area contributed by atoms with E-state index in [0.29, 0.717) is 12.2 Å². The SMILES string of the molecule is C[N@@+]1(Cc2cc(=O)[nH]c(=O)[nH]2)CCc2[nH]c3ccccc3c2C1. The summed E-state index contributed by atoms with van der Waals surface area (Å²) >= 11 is 0. The molecule has 3 heterocycles. The van der Waals surface area contributed by atoms with Gasteiger partial charge in [-0.1, -0.05) is 18.2 Å². The summed E-state index contributed by atoms with van der Waals surface area (Å²) < 4.78 is 0.772. The van der Waals surface area contributed by atoms with Crippen LogP contribution in [0.4, 0.5) is 0 Å². The second kappa shape index (κ2) is 4.96. The van der Waals surface area contributed by atoms with Crippen molar-refractivity contribution in [2.24, 2.45) is 0 Å². The number of nitrogens with one attached hydrogen (secondary N) is 3. The number of nitrogens with zero attached hydrogens (tertiary/aromatic N) is 1. The second-order valence-corrected chi connectivity index (χ2v) is 6.65. The molecule has 1 aromatic carbocycles. The minimum Gasteiger partial charge on any atom is -0.358 e. The van der Waals surface area contributed by atoms with Crippen molar-refractivity contribution in [2.75, 3.05) is 13.6 Å². The molecule has 4 rings (SSSR count). The zero-order valence-electron chi connectivity index (χ0n) is 13.0. The summed E-state index contributed by atoms with van der Waals surface area (Å²) in [7, 11) is 2.17. The molecule has 0 saturated heterocycles. The van der Waals surface area contributed by atoms with Crippen LogP contribution in [0.3, 0.4) is 0 Å². The molecule has 3 N–H and O–H groups in total. The largest absolute Gasteiger partial charge is 0.358 e. The van der Waals surface area contributed by atoms with Gasteiger partial charge < -0.3 is 14.5 Å². The second-order valence-electron chi connectivity index (χ2n) is 6.65. The van der Waals surface area contributed by atoms with Crippen LogP contribution >= 0.6 is 0 Å². The number of quaternary nitrogens is 1. The number of benzene rings is 1. The van der Waals surface area contributed by atoms with E-state index in [1.54, 1.807) is 0 Å². The lowest BCUT2D eigenvalue weighted by Gasteiger charge is -2.37. The highest BCUT2D eigenvalue weighted by atomic mass is 16.2. The van der Waals surface area contributed by atoms with Crippen LogP contribution in [0.25, 0.3) is 10.9 Å². The lowest BCUT2D eigenvalue weighted by molar-refractivity contribution is -0.937. The number of para-hydroxylation sites is 1. The van der Waals surface area contributed by atoms with E-state index < -0.39 is 5.69 Å². The van der Waals surface area contributed by atoms with Gasteiger partial charge in [0.05, 0.1) is 19.3 Å². The zero-order chi connectivity index (χ0) is 16.0. The first-order valence-electron chi connectivity index (χ1n) is 7.77. The molecule has 1 aliphatic rings. The minimum absolute atomic E-state index is 0.347. The van der Waals surface area contributed by atoms with E-state index in [1.807, 2.05) is 6.07 Å². The van der Waals surface area contributed by atoms with Crippen LogP contribution in [0.2, 0.25) is 0 Å². The standard InChI is InChI=1S/C17H18N4O2/c1-21(9-11-8-16(22)20-17(23)18-11)7-6-15-13(10-21)12-4-2-3-5-14(12)19-15/h2-5,8,19H,6-7,9-10H2,1H3,(H-,18,20,22,23)/p+1/t21-/m0/s1. The summed E-state index contributed by atoms with van der Waals surface area (Å²) in [6.07, 6.45) is 0.966. The summed E-state index contributed by atoms with van der Waals surface area (Å²) in [5.41, 5.74) is 3.73. The fourth-order valence-corrected chi connectivity index (χ4v) is 3.64. The smallest absolute Gasteiger partial charge is 0.326 e. The minimum atomic E-state index is -0.441. The Morgan fingerprint density at radius 3 is 2.78 bits per heavy atom. The van der Waals surface area contributed by atoms with E-state index in [1.165, 1.54) is 28.2 Å². The molecule has 118 valence electrons. The van der Waals surface area contributed by atoms with Gasteiger partial charge in [-0.25, -0.2) is 4.79 Å². The lowest BCUT2D eigenvalue weighted by Crippen LogP contribution is -2.47. The van der Waals surface area contributed by atoms with Crippen LogP contribution in [-0.2, 0) is 19.5 Å². The molecule has 3 aromatic rings. The molecule has 1 aliphatic heterocycles. The molecule has 0 saturated carbocycles. The van der Waals surface area contributed by atoms with Gasteiger partial charge >= 0.3 is 5.69 Å². The molecule has 6 heteroatoms. The number of likely N-dealkylation sites (N-methyl/N-ethyl adjacent to an activating group) is 1. The van der Waals surface area contributed by atoms with Crippen LogP contribution < -0.4 is 11.2 Å². The van der Waals surface area contributed by atoms with E-state index in [4.69, 9.17) is 0 Å². The molecule has 6 nitrogen and oxygen atoms in total. The summed E-state index contributed by atoms with van der Waals surface area (Å²) in [5, 5.41) is 1.27. The van der Waals surface area contributed by atoms with E-state index in [9.17, 15) is 9.59 Å². The van der Waals surface area contributed by atoms with Crippen molar-refractivity contribution in [3.63, 3.8) is 0 Å². The molecule has 2 aromatic heterocycles. The molecule has 23 heavy (non-hydrogen) atoms. The maximum absolute atomic E-state index is 11.5. The molecule has 0 aliphatic carbocycles. The average Bonchev–Trinajstić information content (AvgIpc) is 2.83. The summed E-state index contributed by atoms with van der Waals surface area (Å²) in [5.74, 6) is 0. The van der Waals surface area contributed by atoms with Crippen LogP contribution in [0, 0.1) is 0 Å². The van der Waals surface area contributed by atoms with Gasteiger partial charge in [0.1, 0.15) is 13.1 Å². The Bertz CT molecular complexity index is 969. The number of aromatic nitrogens is 3. The molecule has 0 bridgehead atoms. The summed E-state index contributed by atoms with van der Waals surface area (Å²) in [6.45, 7) is 2.49. The third kappa shape index (κ3) is 2.51. The Hall–Kier alpha value is -2.60. The highest BCUT2D eigenvalue weighted by molar-refractivity contribution is 5.84. The molecular formula is C17H19N4O2+. The van der Waals surface area contributed by atoms with Gasteiger partial charge in [0.15, 0.2) is 0 Å². The van der Waals surface area contributed by atoms with Gasteiger partial charge in [-0.2, -0.15) is 0 Å². The molecule has 0 amide bonds. The van der Waals surface area contributed by atoms with Crippen molar-refractivity contribution < 1.29 is 4.48 Å². The highest BCUT2D eigenvalue weighted by Crippen LogP contribution is 2.31. The number of rotatable bonds is 2. The maximum atomic E-state index is 11.5. The number of aromatic amines is 3. The zero-order valence-corrected chi connectivity index (χ0v) is 13.0. The van der Waals surface area contributed by atoms with Gasteiger partial charge in [-0.15, -0.1) is 0 Å². The van der Waals surface area contributed by atoms with Crippen molar-refractivity contribution in [3.8, 4) is 0 Å². The molecule has 0 fully saturated rings. The van der Waals surface area contributed by atoms with Crippen molar-refractivity contribution in [1.82, 2.24) is 15.0 Å². The monoisotopic (exact) mass is 311 g/mol. The first kappa shape index (κ1) is 14.0. The Morgan fingerprint density at radius 1 is 1.13 bits per heavy atom. The highest BCUT2D eigenvalue weighted by Gasteiger charge is 2.31. The summed E-state index contributed by atoms with van der Waals surface area (Å²) in [4.78, 5) is 31.4. The maximum Gasteiger partial charge on any atom is 0.326 e. The molecular weight excluding hydrogens is 292 g/mol. The number of H-pyrrole nitrogens is 3. The van der Waals surface area contributed by atoms with Crippen molar-refractivity contribution in [2.45, 2.75) is 19.5 Å². The topological polar surface area (TPSA) is 81.5 Å². The quantitative estimate of drug-likeness (QED) is 0.623. The third-order valence-electron chi connectivity index (χ3n) is 4.71. The predicted molar refractivity (Wildman–Crippen MR) is 88.1 cm³/mol. The third-order valence-corrected chi connectivity index (χ3v) is 4.71. The van der Waals surface area contributed by atoms with Crippen molar-refractivity contribution in [3.05, 3.63) is 68.1 Å². The van der Waals surface area contributed by atoms with Crippen molar-refractivity contribution >= 4 is 10.9 Å². The van der Waals surface area contributed by atoms with E-state index in [0.717, 1.165) is 24.0 Å². The normalized spacial score (nSPS) is 20.6. The van der Waals surface area contributed by atoms with Crippen molar-refractivity contribution in [1.29, 1.82) is 0 Å². The Morgan fingerprint density at radius 2 is 1.96 bits per heavy atom. The van der Waals surface area contributed by atoms with Gasteiger partial charge in [0, 0.05) is 34.6 Å². The van der Waals surface area contributed by atoms with Gasteiger partial charge in [0.25, 0.3) is 5.56 Å². The predicted octanol–water partition coefficient (Wildman–Crippen LogP) is 1.25. The molecule has 1 atom stereocenters.